The SMILES string of the molecule is CC1(C(=O)Cc2ccc(F)cc2Cl)CCCC1. The molecule has 0 heterocycles. The molecule has 1 saturated carbocycles. The second-order valence-corrected chi connectivity index (χ2v) is 5.51. The third kappa shape index (κ3) is 2.68. The predicted molar refractivity (Wildman–Crippen MR) is 66.7 cm³/mol. The molecule has 0 unspecified atom stereocenters. The third-order valence-electron chi connectivity index (χ3n) is 3.75. The Hall–Kier alpha value is -0.890. The van der Waals surface area contributed by atoms with E-state index in [1.54, 1.807) is 6.07 Å². The Labute approximate surface area is 106 Å². The fraction of sp³-hybridized carbons (Fsp3) is 0.500. The molecule has 0 bridgehead atoms. The van der Waals surface area contributed by atoms with Crippen molar-refractivity contribution in [3.8, 4) is 0 Å². The van der Waals surface area contributed by atoms with Crippen LogP contribution in [0, 0.1) is 11.2 Å². The Bertz CT molecular complexity index is 436. The van der Waals surface area contributed by atoms with Crippen LogP contribution in [0.3, 0.4) is 0 Å². The summed E-state index contributed by atoms with van der Waals surface area (Å²) in [4.78, 5) is 12.2. The van der Waals surface area contributed by atoms with Gasteiger partial charge in [0.25, 0.3) is 0 Å². The molecule has 0 amide bonds. The highest BCUT2D eigenvalue weighted by molar-refractivity contribution is 6.31. The molecule has 0 N–H and O–H groups in total. The van der Waals surface area contributed by atoms with Gasteiger partial charge in [-0.25, -0.2) is 4.39 Å². The third-order valence-corrected chi connectivity index (χ3v) is 4.10. The number of ketones is 1. The van der Waals surface area contributed by atoms with Gasteiger partial charge in [-0.05, 0) is 30.5 Å². The minimum absolute atomic E-state index is 0.197. The Morgan fingerprint density at radius 2 is 2.06 bits per heavy atom. The van der Waals surface area contributed by atoms with Gasteiger partial charge in [0.2, 0.25) is 0 Å². The molecular weight excluding hydrogens is 239 g/mol. The molecule has 1 fully saturated rings. The minimum Gasteiger partial charge on any atom is -0.299 e. The second kappa shape index (κ2) is 4.77. The van der Waals surface area contributed by atoms with Gasteiger partial charge in [-0.15, -0.1) is 0 Å². The van der Waals surface area contributed by atoms with Crippen molar-refractivity contribution in [2.75, 3.05) is 0 Å². The number of benzene rings is 1. The fourth-order valence-corrected chi connectivity index (χ4v) is 2.72. The quantitative estimate of drug-likeness (QED) is 0.791. The lowest BCUT2D eigenvalue weighted by Crippen LogP contribution is -2.26. The highest BCUT2D eigenvalue weighted by atomic mass is 35.5. The van der Waals surface area contributed by atoms with Gasteiger partial charge in [-0.3, -0.25) is 4.79 Å². The molecule has 0 saturated heterocycles. The number of halogens is 2. The van der Waals surface area contributed by atoms with E-state index in [2.05, 4.69) is 0 Å². The summed E-state index contributed by atoms with van der Waals surface area (Å²) in [6.45, 7) is 2.03. The lowest BCUT2D eigenvalue weighted by Gasteiger charge is -2.21. The molecule has 17 heavy (non-hydrogen) atoms. The van der Waals surface area contributed by atoms with Crippen LogP contribution < -0.4 is 0 Å². The summed E-state index contributed by atoms with van der Waals surface area (Å²) < 4.78 is 12.9. The Morgan fingerprint density at radius 1 is 1.41 bits per heavy atom. The molecule has 92 valence electrons. The summed E-state index contributed by atoms with van der Waals surface area (Å²) in [7, 11) is 0. The molecule has 1 aliphatic carbocycles. The normalized spacial score (nSPS) is 18.3. The Balaban J connectivity index is 2.13. The minimum atomic E-state index is -0.363. The Kier molecular flexibility index (Phi) is 3.53. The first-order valence-electron chi connectivity index (χ1n) is 5.98. The highest BCUT2D eigenvalue weighted by Crippen LogP contribution is 2.39. The van der Waals surface area contributed by atoms with E-state index in [-0.39, 0.29) is 17.0 Å². The van der Waals surface area contributed by atoms with Crippen LogP contribution in [0.1, 0.15) is 38.2 Å². The summed E-state index contributed by atoms with van der Waals surface area (Å²) in [5, 5.41) is 0.347. The van der Waals surface area contributed by atoms with E-state index in [1.165, 1.54) is 12.1 Å². The average Bonchev–Trinajstić information content (AvgIpc) is 2.71. The first kappa shape index (κ1) is 12.6. The van der Waals surface area contributed by atoms with E-state index in [9.17, 15) is 9.18 Å². The number of carbonyl (C=O) groups is 1. The van der Waals surface area contributed by atoms with E-state index in [0.29, 0.717) is 11.4 Å². The van der Waals surface area contributed by atoms with Crippen LogP contribution in [-0.2, 0) is 11.2 Å². The van der Waals surface area contributed by atoms with Crippen molar-refractivity contribution in [1.29, 1.82) is 0 Å². The van der Waals surface area contributed by atoms with Crippen LogP contribution in [0.15, 0.2) is 18.2 Å². The number of hydrogen-bond acceptors (Lipinski definition) is 1. The van der Waals surface area contributed by atoms with Crippen molar-refractivity contribution in [3.05, 3.63) is 34.6 Å². The summed E-state index contributed by atoms with van der Waals surface area (Å²) in [5.41, 5.74) is 0.531. The number of hydrogen-bond donors (Lipinski definition) is 0. The molecule has 1 aromatic carbocycles. The van der Waals surface area contributed by atoms with Crippen LogP contribution in [0.25, 0.3) is 0 Å². The molecule has 0 radical (unpaired) electrons. The number of carbonyl (C=O) groups excluding carboxylic acids is 1. The van der Waals surface area contributed by atoms with Gasteiger partial charge in [-0.2, -0.15) is 0 Å². The largest absolute Gasteiger partial charge is 0.299 e. The molecule has 0 spiro atoms. The maximum atomic E-state index is 12.9. The van der Waals surface area contributed by atoms with Gasteiger partial charge < -0.3 is 0 Å². The summed E-state index contributed by atoms with van der Waals surface area (Å²) in [6.07, 6.45) is 4.49. The fourth-order valence-electron chi connectivity index (χ4n) is 2.49. The van der Waals surface area contributed by atoms with Gasteiger partial charge >= 0.3 is 0 Å². The molecule has 0 aromatic heterocycles. The van der Waals surface area contributed by atoms with Gasteiger partial charge in [0.1, 0.15) is 11.6 Å². The zero-order valence-electron chi connectivity index (χ0n) is 9.93. The standard InChI is InChI=1S/C14H16ClFO/c1-14(6-2-3-7-14)13(17)8-10-4-5-11(16)9-12(10)15/h4-5,9H,2-3,6-8H2,1H3. The van der Waals surface area contributed by atoms with Gasteiger partial charge in [-0.1, -0.05) is 37.4 Å². The van der Waals surface area contributed by atoms with Crippen molar-refractivity contribution in [3.63, 3.8) is 0 Å². The van der Waals surface area contributed by atoms with Gasteiger partial charge in [0.15, 0.2) is 0 Å². The van der Waals surface area contributed by atoms with Gasteiger partial charge in [0.05, 0.1) is 0 Å². The van der Waals surface area contributed by atoms with Crippen LogP contribution in [0.4, 0.5) is 4.39 Å². The summed E-state index contributed by atoms with van der Waals surface area (Å²) in [6, 6.07) is 4.22. The Morgan fingerprint density at radius 3 is 2.65 bits per heavy atom. The molecule has 1 aliphatic rings. The summed E-state index contributed by atoms with van der Waals surface area (Å²) in [5.74, 6) is -0.137. The van der Waals surface area contributed by atoms with E-state index in [4.69, 9.17) is 11.6 Å². The first-order valence-corrected chi connectivity index (χ1v) is 6.36. The monoisotopic (exact) mass is 254 g/mol. The molecule has 0 atom stereocenters. The van der Waals surface area contributed by atoms with Crippen molar-refractivity contribution in [2.45, 2.75) is 39.0 Å². The van der Waals surface area contributed by atoms with E-state index < -0.39 is 0 Å². The smallest absolute Gasteiger partial charge is 0.143 e. The van der Waals surface area contributed by atoms with E-state index in [1.807, 2.05) is 6.92 Å². The average molecular weight is 255 g/mol. The van der Waals surface area contributed by atoms with Crippen LogP contribution in [-0.4, -0.2) is 5.78 Å². The molecular formula is C14H16ClFO. The predicted octanol–water partition coefficient (Wildman–Crippen LogP) is 4.17. The van der Waals surface area contributed by atoms with Crippen molar-refractivity contribution in [2.24, 2.45) is 5.41 Å². The first-order chi connectivity index (χ1) is 8.01. The number of rotatable bonds is 3. The van der Waals surface area contributed by atoms with Crippen LogP contribution >= 0.6 is 11.6 Å². The second-order valence-electron chi connectivity index (χ2n) is 5.10. The number of Topliss-reactive ketones (excluding diaryl/α,β-unsaturated/α-hetero) is 1. The summed E-state index contributed by atoms with van der Waals surface area (Å²) >= 11 is 5.93. The molecule has 2 rings (SSSR count). The van der Waals surface area contributed by atoms with Crippen molar-refractivity contribution in [1.82, 2.24) is 0 Å². The van der Waals surface area contributed by atoms with Crippen LogP contribution in [0.2, 0.25) is 5.02 Å². The molecule has 1 aromatic rings. The topological polar surface area (TPSA) is 17.1 Å². The maximum absolute atomic E-state index is 12.9. The van der Waals surface area contributed by atoms with E-state index in [0.717, 1.165) is 31.2 Å². The molecule has 0 aliphatic heterocycles. The zero-order chi connectivity index (χ0) is 12.5. The lowest BCUT2D eigenvalue weighted by molar-refractivity contribution is -0.126. The van der Waals surface area contributed by atoms with Gasteiger partial charge in [0, 0.05) is 16.9 Å². The molecule has 1 nitrogen and oxygen atoms in total. The van der Waals surface area contributed by atoms with E-state index >= 15 is 0 Å². The van der Waals surface area contributed by atoms with Crippen molar-refractivity contribution >= 4 is 17.4 Å². The highest BCUT2D eigenvalue weighted by Gasteiger charge is 2.35. The lowest BCUT2D eigenvalue weighted by atomic mass is 9.81. The van der Waals surface area contributed by atoms with Crippen LogP contribution in [0.5, 0.6) is 0 Å². The van der Waals surface area contributed by atoms with Crippen molar-refractivity contribution < 1.29 is 9.18 Å². The maximum Gasteiger partial charge on any atom is 0.143 e. The molecule has 3 heteroatoms. The zero-order valence-corrected chi connectivity index (χ0v) is 10.7.